The van der Waals surface area contributed by atoms with Crippen molar-refractivity contribution in [2.24, 2.45) is 0 Å². The number of nitrogens with zero attached hydrogens (tertiary/aromatic N) is 5. The van der Waals surface area contributed by atoms with Gasteiger partial charge in [0.25, 0.3) is 0 Å². The maximum atomic E-state index is 6.17. The lowest BCUT2D eigenvalue weighted by atomic mass is 10.2. The molecule has 0 bridgehead atoms. The van der Waals surface area contributed by atoms with Crippen LogP contribution in [-0.4, -0.2) is 47.8 Å². The molecule has 4 heterocycles. The topological polar surface area (TPSA) is 80.4 Å². The molecular formula is C15H18N6O. The SMILES string of the molecule is Nc1nc(N2CCOCC2)nc2c1CCN2c1cccnc1. The molecule has 0 aliphatic carbocycles. The molecule has 2 N–H and O–H groups in total. The Morgan fingerprint density at radius 1 is 1.14 bits per heavy atom. The fraction of sp³-hybridized carbons (Fsp3) is 0.400. The van der Waals surface area contributed by atoms with Gasteiger partial charge >= 0.3 is 0 Å². The highest BCUT2D eigenvalue weighted by Crippen LogP contribution is 2.36. The standard InChI is InChI=1S/C15H18N6O/c16-13-12-3-5-21(11-2-1-4-17-10-11)14(12)19-15(18-13)20-6-8-22-9-7-20/h1-2,4,10H,3,5-9H2,(H2,16,18,19). The van der Waals surface area contributed by atoms with Crippen LogP contribution in [0.2, 0.25) is 0 Å². The van der Waals surface area contributed by atoms with Gasteiger partial charge in [-0.05, 0) is 18.6 Å². The van der Waals surface area contributed by atoms with Crippen molar-refractivity contribution in [2.75, 3.05) is 48.4 Å². The van der Waals surface area contributed by atoms with Crippen LogP contribution in [-0.2, 0) is 11.2 Å². The molecule has 4 rings (SSSR count). The summed E-state index contributed by atoms with van der Waals surface area (Å²) < 4.78 is 5.39. The van der Waals surface area contributed by atoms with Gasteiger partial charge < -0.3 is 20.3 Å². The van der Waals surface area contributed by atoms with Crippen molar-refractivity contribution < 1.29 is 4.74 Å². The molecule has 7 heteroatoms. The predicted octanol–water partition coefficient (Wildman–Crippen LogP) is 0.985. The monoisotopic (exact) mass is 298 g/mol. The van der Waals surface area contributed by atoms with Crippen LogP contribution in [0.1, 0.15) is 5.56 Å². The number of morpholine rings is 1. The highest BCUT2D eigenvalue weighted by molar-refractivity contribution is 5.71. The molecule has 0 unspecified atom stereocenters. The number of nitrogen functional groups attached to an aromatic ring is 1. The molecule has 1 saturated heterocycles. The van der Waals surface area contributed by atoms with Gasteiger partial charge in [-0.1, -0.05) is 0 Å². The minimum Gasteiger partial charge on any atom is -0.383 e. The van der Waals surface area contributed by atoms with E-state index in [9.17, 15) is 0 Å². The van der Waals surface area contributed by atoms with E-state index in [4.69, 9.17) is 15.5 Å². The predicted molar refractivity (Wildman–Crippen MR) is 84.4 cm³/mol. The second-order valence-electron chi connectivity index (χ2n) is 5.42. The molecule has 114 valence electrons. The Morgan fingerprint density at radius 3 is 2.77 bits per heavy atom. The van der Waals surface area contributed by atoms with Crippen molar-refractivity contribution in [1.29, 1.82) is 0 Å². The van der Waals surface area contributed by atoms with Crippen LogP contribution in [0, 0.1) is 0 Å². The second-order valence-corrected chi connectivity index (χ2v) is 5.42. The number of aromatic nitrogens is 3. The zero-order chi connectivity index (χ0) is 14.9. The first-order valence-electron chi connectivity index (χ1n) is 7.49. The third kappa shape index (κ3) is 2.23. The quantitative estimate of drug-likeness (QED) is 0.885. The minimum absolute atomic E-state index is 0.581. The number of hydrogen-bond donors (Lipinski definition) is 1. The molecule has 0 radical (unpaired) electrons. The highest BCUT2D eigenvalue weighted by atomic mass is 16.5. The fourth-order valence-corrected chi connectivity index (χ4v) is 2.94. The Morgan fingerprint density at radius 2 is 2.00 bits per heavy atom. The van der Waals surface area contributed by atoms with Gasteiger partial charge in [-0.15, -0.1) is 0 Å². The summed E-state index contributed by atoms with van der Waals surface area (Å²) in [5, 5.41) is 0. The van der Waals surface area contributed by atoms with Crippen LogP contribution in [0.15, 0.2) is 24.5 Å². The lowest BCUT2D eigenvalue weighted by Crippen LogP contribution is -2.37. The van der Waals surface area contributed by atoms with Crippen molar-refractivity contribution >= 4 is 23.3 Å². The summed E-state index contributed by atoms with van der Waals surface area (Å²) in [5.41, 5.74) is 8.23. The molecule has 0 aromatic carbocycles. The minimum atomic E-state index is 0.581. The summed E-state index contributed by atoms with van der Waals surface area (Å²) in [7, 11) is 0. The van der Waals surface area contributed by atoms with Gasteiger partial charge in [0, 0.05) is 31.4 Å². The maximum Gasteiger partial charge on any atom is 0.229 e. The molecule has 0 atom stereocenters. The van der Waals surface area contributed by atoms with E-state index in [1.165, 1.54) is 0 Å². The average Bonchev–Trinajstić information content (AvgIpc) is 3.01. The molecule has 7 nitrogen and oxygen atoms in total. The zero-order valence-electron chi connectivity index (χ0n) is 12.3. The Balaban J connectivity index is 1.73. The van der Waals surface area contributed by atoms with E-state index in [2.05, 4.69) is 19.8 Å². The zero-order valence-corrected chi connectivity index (χ0v) is 12.3. The van der Waals surface area contributed by atoms with Gasteiger partial charge in [0.1, 0.15) is 11.6 Å². The summed E-state index contributed by atoms with van der Waals surface area (Å²) >= 11 is 0. The van der Waals surface area contributed by atoms with Crippen LogP contribution >= 0.6 is 0 Å². The van der Waals surface area contributed by atoms with E-state index in [-0.39, 0.29) is 0 Å². The molecule has 0 saturated carbocycles. The average molecular weight is 298 g/mol. The van der Waals surface area contributed by atoms with Crippen molar-refractivity contribution in [3.05, 3.63) is 30.1 Å². The van der Waals surface area contributed by atoms with Crippen LogP contribution < -0.4 is 15.5 Å². The molecule has 2 aliphatic heterocycles. The molecule has 2 aromatic rings. The maximum absolute atomic E-state index is 6.17. The van der Waals surface area contributed by atoms with Crippen molar-refractivity contribution in [3.8, 4) is 0 Å². The van der Waals surface area contributed by atoms with E-state index in [0.717, 1.165) is 43.1 Å². The number of fused-ring (bicyclic) bond motifs is 1. The van der Waals surface area contributed by atoms with E-state index >= 15 is 0 Å². The molecule has 0 amide bonds. The molecule has 22 heavy (non-hydrogen) atoms. The van der Waals surface area contributed by atoms with Gasteiger partial charge in [-0.3, -0.25) is 4.98 Å². The third-order valence-electron chi connectivity index (χ3n) is 4.10. The summed E-state index contributed by atoms with van der Waals surface area (Å²) in [6.07, 6.45) is 4.48. The van der Waals surface area contributed by atoms with Crippen molar-refractivity contribution in [3.63, 3.8) is 0 Å². The van der Waals surface area contributed by atoms with Crippen molar-refractivity contribution in [2.45, 2.75) is 6.42 Å². The Kier molecular flexibility index (Phi) is 3.27. The summed E-state index contributed by atoms with van der Waals surface area (Å²) in [6.45, 7) is 3.85. The van der Waals surface area contributed by atoms with Crippen LogP contribution in [0.5, 0.6) is 0 Å². The molecule has 0 spiro atoms. The smallest absolute Gasteiger partial charge is 0.229 e. The summed E-state index contributed by atoms with van der Waals surface area (Å²) in [4.78, 5) is 17.7. The first-order valence-corrected chi connectivity index (χ1v) is 7.49. The van der Waals surface area contributed by atoms with E-state index in [1.54, 1.807) is 6.20 Å². The van der Waals surface area contributed by atoms with E-state index in [1.807, 2.05) is 18.3 Å². The molecular weight excluding hydrogens is 280 g/mol. The van der Waals surface area contributed by atoms with E-state index < -0.39 is 0 Å². The Hall–Kier alpha value is -2.41. The van der Waals surface area contributed by atoms with Gasteiger partial charge in [-0.2, -0.15) is 9.97 Å². The lowest BCUT2D eigenvalue weighted by Gasteiger charge is -2.28. The van der Waals surface area contributed by atoms with Crippen LogP contribution in [0.3, 0.4) is 0 Å². The first kappa shape index (κ1) is 13.3. The fourth-order valence-electron chi connectivity index (χ4n) is 2.94. The molecule has 2 aliphatic rings. The normalized spacial score (nSPS) is 17.6. The number of rotatable bonds is 2. The van der Waals surface area contributed by atoms with Crippen molar-refractivity contribution in [1.82, 2.24) is 15.0 Å². The van der Waals surface area contributed by atoms with Gasteiger partial charge in [0.05, 0.1) is 25.1 Å². The number of pyridine rings is 1. The summed E-state index contributed by atoms with van der Waals surface area (Å²) in [6, 6.07) is 3.97. The number of nitrogens with two attached hydrogens (primary N) is 1. The first-order chi connectivity index (χ1) is 10.8. The lowest BCUT2D eigenvalue weighted by molar-refractivity contribution is 0.122. The third-order valence-corrected chi connectivity index (χ3v) is 4.10. The molecule has 2 aromatic heterocycles. The Bertz CT molecular complexity index is 671. The highest BCUT2D eigenvalue weighted by Gasteiger charge is 2.27. The van der Waals surface area contributed by atoms with Crippen LogP contribution in [0.4, 0.5) is 23.3 Å². The van der Waals surface area contributed by atoms with Gasteiger partial charge in [0.2, 0.25) is 5.95 Å². The molecule has 1 fully saturated rings. The van der Waals surface area contributed by atoms with Gasteiger partial charge in [-0.25, -0.2) is 0 Å². The second kappa shape index (κ2) is 5.42. The number of hydrogen-bond acceptors (Lipinski definition) is 7. The largest absolute Gasteiger partial charge is 0.383 e. The summed E-state index contributed by atoms with van der Waals surface area (Å²) in [5.74, 6) is 2.18. The van der Waals surface area contributed by atoms with Crippen LogP contribution in [0.25, 0.3) is 0 Å². The number of ether oxygens (including phenoxy) is 1. The Labute approximate surface area is 128 Å². The van der Waals surface area contributed by atoms with E-state index in [0.29, 0.717) is 25.0 Å². The number of anilines is 4. The van der Waals surface area contributed by atoms with Gasteiger partial charge in [0.15, 0.2) is 0 Å².